The predicted molar refractivity (Wildman–Crippen MR) is 62.3 cm³/mol. The Bertz CT molecular complexity index is 432. The third-order valence-electron chi connectivity index (χ3n) is 2.19. The molecular formula is C13H14O4. The van der Waals surface area contributed by atoms with Crippen molar-refractivity contribution in [2.45, 2.75) is 19.4 Å². The smallest absolute Gasteiger partial charge is 0.331 e. The van der Waals surface area contributed by atoms with Gasteiger partial charge < -0.3 is 9.84 Å². The molecule has 0 saturated carbocycles. The fourth-order valence-electron chi connectivity index (χ4n) is 1.32. The first-order valence-corrected chi connectivity index (χ1v) is 5.11. The van der Waals surface area contributed by atoms with E-state index < -0.39 is 17.5 Å². The average Bonchev–Trinajstić information content (AvgIpc) is 2.27. The Hall–Kier alpha value is -2.10. The van der Waals surface area contributed by atoms with Gasteiger partial charge >= 0.3 is 11.9 Å². The molecule has 1 aromatic carbocycles. The highest BCUT2D eigenvalue weighted by Gasteiger charge is 2.23. The van der Waals surface area contributed by atoms with E-state index in [4.69, 9.17) is 9.84 Å². The molecule has 0 amide bonds. The van der Waals surface area contributed by atoms with Gasteiger partial charge in [-0.05, 0) is 19.4 Å². The lowest BCUT2D eigenvalue weighted by Gasteiger charge is -2.24. The quantitative estimate of drug-likeness (QED) is 0.640. The predicted octanol–water partition coefficient (Wildman–Crippen LogP) is 2.11. The zero-order valence-electron chi connectivity index (χ0n) is 9.71. The Morgan fingerprint density at radius 2 is 1.76 bits per heavy atom. The molecule has 0 spiro atoms. The SMILES string of the molecule is CC(C)(OC(=O)C=CC(=O)O)c1ccccc1. The zero-order valence-corrected chi connectivity index (χ0v) is 9.71. The Labute approximate surface area is 99.5 Å². The lowest BCUT2D eigenvalue weighted by Crippen LogP contribution is -2.24. The first-order valence-electron chi connectivity index (χ1n) is 5.11. The first kappa shape index (κ1) is 13.0. The van der Waals surface area contributed by atoms with Gasteiger partial charge in [-0.15, -0.1) is 0 Å². The Morgan fingerprint density at radius 3 is 2.29 bits per heavy atom. The number of rotatable bonds is 4. The molecule has 0 saturated heterocycles. The monoisotopic (exact) mass is 234 g/mol. The Balaban J connectivity index is 2.74. The van der Waals surface area contributed by atoms with E-state index in [-0.39, 0.29) is 0 Å². The molecule has 0 aliphatic heterocycles. The number of carboxylic acids is 1. The van der Waals surface area contributed by atoms with Crippen molar-refractivity contribution in [3.8, 4) is 0 Å². The van der Waals surface area contributed by atoms with Gasteiger partial charge in [-0.2, -0.15) is 0 Å². The first-order chi connectivity index (χ1) is 7.92. The van der Waals surface area contributed by atoms with Crippen LogP contribution in [-0.4, -0.2) is 17.0 Å². The van der Waals surface area contributed by atoms with Gasteiger partial charge in [0.1, 0.15) is 5.60 Å². The van der Waals surface area contributed by atoms with E-state index in [1.807, 2.05) is 30.3 Å². The Kier molecular flexibility index (Phi) is 4.04. The lowest BCUT2D eigenvalue weighted by molar-refractivity contribution is -0.151. The van der Waals surface area contributed by atoms with E-state index >= 15 is 0 Å². The molecule has 0 atom stereocenters. The third-order valence-corrected chi connectivity index (χ3v) is 2.19. The summed E-state index contributed by atoms with van der Waals surface area (Å²) in [6, 6.07) is 9.24. The lowest BCUT2D eigenvalue weighted by atomic mass is 9.98. The molecule has 1 aromatic rings. The van der Waals surface area contributed by atoms with Crippen LogP contribution < -0.4 is 0 Å². The number of benzene rings is 1. The van der Waals surface area contributed by atoms with E-state index in [1.54, 1.807) is 13.8 Å². The number of hydrogen-bond donors (Lipinski definition) is 1. The molecular weight excluding hydrogens is 220 g/mol. The molecule has 4 nitrogen and oxygen atoms in total. The number of hydrogen-bond acceptors (Lipinski definition) is 3. The summed E-state index contributed by atoms with van der Waals surface area (Å²) in [6.07, 6.45) is 1.65. The summed E-state index contributed by atoms with van der Waals surface area (Å²) in [5.41, 5.74) is 0.0540. The maximum absolute atomic E-state index is 11.4. The van der Waals surface area contributed by atoms with Crippen molar-refractivity contribution in [3.63, 3.8) is 0 Å². The van der Waals surface area contributed by atoms with Crippen LogP contribution in [0, 0.1) is 0 Å². The highest BCUT2D eigenvalue weighted by molar-refractivity contribution is 5.90. The van der Waals surface area contributed by atoms with Gasteiger partial charge in [-0.25, -0.2) is 9.59 Å². The summed E-state index contributed by atoms with van der Waals surface area (Å²) in [6.45, 7) is 3.49. The van der Waals surface area contributed by atoms with E-state index in [0.29, 0.717) is 0 Å². The van der Waals surface area contributed by atoms with Crippen LogP contribution in [0.1, 0.15) is 19.4 Å². The number of carboxylic acid groups (broad SMARTS) is 1. The summed E-state index contributed by atoms with van der Waals surface area (Å²) in [5, 5.41) is 8.38. The molecule has 0 aromatic heterocycles. The van der Waals surface area contributed by atoms with Crippen molar-refractivity contribution in [2.24, 2.45) is 0 Å². The molecule has 1 N–H and O–H groups in total. The second kappa shape index (κ2) is 5.30. The maximum atomic E-state index is 11.4. The summed E-state index contributed by atoms with van der Waals surface area (Å²) < 4.78 is 5.19. The van der Waals surface area contributed by atoms with Crippen LogP contribution >= 0.6 is 0 Å². The molecule has 0 unspecified atom stereocenters. The molecule has 0 aliphatic rings. The van der Waals surface area contributed by atoms with Crippen molar-refractivity contribution >= 4 is 11.9 Å². The molecule has 0 radical (unpaired) electrons. The fourth-order valence-corrected chi connectivity index (χ4v) is 1.32. The van der Waals surface area contributed by atoms with Gasteiger partial charge in [0.15, 0.2) is 0 Å². The Morgan fingerprint density at radius 1 is 1.18 bits per heavy atom. The van der Waals surface area contributed by atoms with Gasteiger partial charge in [0.25, 0.3) is 0 Å². The second-order valence-corrected chi connectivity index (χ2v) is 3.97. The zero-order chi connectivity index (χ0) is 12.9. The van der Waals surface area contributed by atoms with E-state index in [9.17, 15) is 9.59 Å². The van der Waals surface area contributed by atoms with Crippen LogP contribution in [0.25, 0.3) is 0 Å². The van der Waals surface area contributed by atoms with Gasteiger partial charge in [0, 0.05) is 12.2 Å². The summed E-state index contributed by atoms with van der Waals surface area (Å²) in [5.74, 6) is -1.86. The summed E-state index contributed by atoms with van der Waals surface area (Å²) in [4.78, 5) is 21.6. The highest BCUT2D eigenvalue weighted by atomic mass is 16.6. The molecule has 4 heteroatoms. The van der Waals surface area contributed by atoms with Crippen LogP contribution in [0.5, 0.6) is 0 Å². The van der Waals surface area contributed by atoms with Crippen molar-refractivity contribution in [2.75, 3.05) is 0 Å². The topological polar surface area (TPSA) is 63.6 Å². The third kappa shape index (κ3) is 4.10. The van der Waals surface area contributed by atoms with Crippen molar-refractivity contribution in [1.82, 2.24) is 0 Å². The number of esters is 1. The minimum absolute atomic E-state index is 0.679. The number of ether oxygens (including phenoxy) is 1. The number of carbonyl (C=O) groups excluding carboxylic acids is 1. The maximum Gasteiger partial charge on any atom is 0.331 e. The van der Waals surface area contributed by atoms with Gasteiger partial charge in [0.2, 0.25) is 0 Å². The van der Waals surface area contributed by atoms with Gasteiger partial charge in [-0.1, -0.05) is 30.3 Å². The molecule has 0 aliphatic carbocycles. The van der Waals surface area contributed by atoms with E-state index in [0.717, 1.165) is 17.7 Å². The average molecular weight is 234 g/mol. The van der Waals surface area contributed by atoms with Crippen molar-refractivity contribution in [3.05, 3.63) is 48.0 Å². The minimum Gasteiger partial charge on any atom is -0.478 e. The minimum atomic E-state index is -1.18. The molecule has 17 heavy (non-hydrogen) atoms. The van der Waals surface area contributed by atoms with Crippen LogP contribution in [-0.2, 0) is 19.9 Å². The molecule has 1 rings (SSSR count). The molecule has 0 fully saturated rings. The normalized spacial score (nSPS) is 11.4. The summed E-state index contributed by atoms with van der Waals surface area (Å²) >= 11 is 0. The van der Waals surface area contributed by atoms with Crippen LogP contribution in [0.3, 0.4) is 0 Å². The van der Waals surface area contributed by atoms with Crippen LogP contribution in [0.15, 0.2) is 42.5 Å². The number of aliphatic carboxylic acids is 1. The van der Waals surface area contributed by atoms with Crippen LogP contribution in [0.4, 0.5) is 0 Å². The molecule has 0 bridgehead atoms. The van der Waals surface area contributed by atoms with Gasteiger partial charge in [0.05, 0.1) is 0 Å². The van der Waals surface area contributed by atoms with Crippen molar-refractivity contribution in [1.29, 1.82) is 0 Å². The van der Waals surface area contributed by atoms with E-state index in [1.165, 1.54) is 0 Å². The standard InChI is InChI=1S/C13H14O4/c1-13(2,10-6-4-3-5-7-10)17-12(16)9-8-11(14)15/h3-9H,1-2H3,(H,14,15). The van der Waals surface area contributed by atoms with Crippen molar-refractivity contribution < 1.29 is 19.4 Å². The van der Waals surface area contributed by atoms with Gasteiger partial charge in [-0.3, -0.25) is 0 Å². The van der Waals surface area contributed by atoms with Crippen LogP contribution in [0.2, 0.25) is 0 Å². The molecule has 90 valence electrons. The fraction of sp³-hybridized carbons (Fsp3) is 0.231. The number of carbonyl (C=O) groups is 2. The largest absolute Gasteiger partial charge is 0.478 e. The summed E-state index contributed by atoms with van der Waals surface area (Å²) in [7, 11) is 0. The van der Waals surface area contributed by atoms with E-state index in [2.05, 4.69) is 0 Å². The molecule has 0 heterocycles. The second-order valence-electron chi connectivity index (χ2n) is 3.97. The highest BCUT2D eigenvalue weighted by Crippen LogP contribution is 2.24.